The number of hydrogen-bond donors (Lipinski definition) is 3. The van der Waals surface area contributed by atoms with E-state index in [2.05, 4.69) is 33.8 Å². The molecule has 0 saturated heterocycles. The molecule has 1 heterocycles. The van der Waals surface area contributed by atoms with Crippen molar-refractivity contribution < 1.29 is 4.79 Å². The number of likely N-dealkylation sites (N-methyl/N-ethyl adjacent to an activating group) is 1. The molecular weight excluding hydrogens is 274 g/mol. The van der Waals surface area contributed by atoms with Crippen LogP contribution >= 0.6 is 11.5 Å². The van der Waals surface area contributed by atoms with Gasteiger partial charge in [-0.2, -0.15) is 4.37 Å². The van der Waals surface area contributed by atoms with Crippen LogP contribution in [0.3, 0.4) is 0 Å². The normalized spacial score (nSPS) is 15.4. The molecule has 20 heavy (non-hydrogen) atoms. The molecule has 4 N–H and O–H groups in total. The molecule has 1 aromatic heterocycles. The molecule has 1 aliphatic carbocycles. The van der Waals surface area contributed by atoms with Gasteiger partial charge in [0.2, 0.25) is 0 Å². The van der Waals surface area contributed by atoms with E-state index in [9.17, 15) is 4.79 Å². The van der Waals surface area contributed by atoms with Gasteiger partial charge in [-0.1, -0.05) is 0 Å². The summed E-state index contributed by atoms with van der Waals surface area (Å²) in [5.74, 6) is 0.183. The SMILES string of the molecule is CN(C)C(C)(C)CNc1snc(N)c1C(=O)NC1CC1. The van der Waals surface area contributed by atoms with Crippen molar-refractivity contribution in [2.45, 2.75) is 38.3 Å². The predicted molar refractivity (Wildman–Crippen MR) is 83.3 cm³/mol. The number of hydrogen-bond acceptors (Lipinski definition) is 6. The Morgan fingerprint density at radius 2 is 2.15 bits per heavy atom. The van der Waals surface area contributed by atoms with Crippen LogP contribution in [0.1, 0.15) is 37.0 Å². The summed E-state index contributed by atoms with van der Waals surface area (Å²) in [6, 6.07) is 0.313. The highest BCUT2D eigenvalue weighted by atomic mass is 32.1. The Labute approximate surface area is 123 Å². The molecule has 0 spiro atoms. The number of carbonyl (C=O) groups excluding carboxylic acids is 1. The van der Waals surface area contributed by atoms with Crippen LogP contribution in [0.2, 0.25) is 0 Å². The highest BCUT2D eigenvalue weighted by molar-refractivity contribution is 7.11. The van der Waals surface area contributed by atoms with Gasteiger partial charge in [0.1, 0.15) is 10.6 Å². The first-order valence-electron chi connectivity index (χ1n) is 6.78. The van der Waals surface area contributed by atoms with Crippen LogP contribution in [0.4, 0.5) is 10.8 Å². The number of nitrogens with two attached hydrogens (primary N) is 1. The maximum atomic E-state index is 12.2. The summed E-state index contributed by atoms with van der Waals surface area (Å²) in [6.07, 6.45) is 2.11. The van der Waals surface area contributed by atoms with Gasteiger partial charge < -0.3 is 21.3 Å². The van der Waals surface area contributed by atoms with Gasteiger partial charge in [0.25, 0.3) is 5.91 Å². The lowest BCUT2D eigenvalue weighted by molar-refractivity contribution is 0.0953. The van der Waals surface area contributed by atoms with Crippen molar-refractivity contribution >= 4 is 28.3 Å². The Hall–Kier alpha value is -1.34. The van der Waals surface area contributed by atoms with Crippen LogP contribution in [-0.4, -0.2) is 47.4 Å². The minimum Gasteiger partial charge on any atom is -0.382 e. The van der Waals surface area contributed by atoms with Crippen LogP contribution in [0, 0.1) is 0 Å². The number of nitrogens with zero attached hydrogens (tertiary/aromatic N) is 2. The van der Waals surface area contributed by atoms with Crippen molar-refractivity contribution in [2.24, 2.45) is 0 Å². The van der Waals surface area contributed by atoms with Crippen LogP contribution in [0.5, 0.6) is 0 Å². The summed E-state index contributed by atoms with van der Waals surface area (Å²) >= 11 is 1.24. The topological polar surface area (TPSA) is 83.3 Å². The second-order valence-corrected chi connectivity index (χ2v) is 6.85. The van der Waals surface area contributed by atoms with Crippen molar-refractivity contribution in [3.63, 3.8) is 0 Å². The molecule has 112 valence electrons. The van der Waals surface area contributed by atoms with Crippen LogP contribution in [0.15, 0.2) is 0 Å². The fourth-order valence-electron chi connectivity index (χ4n) is 1.58. The lowest BCUT2D eigenvalue weighted by atomic mass is 10.0. The first kappa shape index (κ1) is 15.1. The largest absolute Gasteiger partial charge is 0.382 e. The minimum atomic E-state index is -0.121. The van der Waals surface area contributed by atoms with E-state index in [1.807, 2.05) is 14.1 Å². The molecule has 1 fully saturated rings. The molecule has 0 unspecified atom stereocenters. The number of anilines is 2. The van der Waals surface area contributed by atoms with Crippen LogP contribution in [-0.2, 0) is 0 Å². The lowest BCUT2D eigenvalue weighted by Gasteiger charge is -2.32. The Morgan fingerprint density at radius 3 is 2.70 bits per heavy atom. The number of aromatic nitrogens is 1. The molecule has 0 aliphatic heterocycles. The zero-order valence-electron chi connectivity index (χ0n) is 12.5. The first-order chi connectivity index (χ1) is 9.31. The van der Waals surface area contributed by atoms with E-state index in [-0.39, 0.29) is 11.4 Å². The third-order valence-electron chi connectivity index (χ3n) is 3.75. The lowest BCUT2D eigenvalue weighted by Crippen LogP contribution is -2.44. The smallest absolute Gasteiger partial charge is 0.258 e. The van der Waals surface area contributed by atoms with Crippen LogP contribution in [0.25, 0.3) is 0 Å². The van der Waals surface area contributed by atoms with Gasteiger partial charge in [0, 0.05) is 18.1 Å². The molecule has 0 bridgehead atoms. The summed E-state index contributed by atoms with van der Waals surface area (Å²) in [4.78, 5) is 14.3. The van der Waals surface area contributed by atoms with E-state index in [0.717, 1.165) is 17.8 Å². The Balaban J connectivity index is 2.06. The Bertz CT molecular complexity index is 493. The van der Waals surface area contributed by atoms with E-state index in [4.69, 9.17) is 5.73 Å². The summed E-state index contributed by atoms with van der Waals surface area (Å²) < 4.78 is 4.09. The highest BCUT2D eigenvalue weighted by Gasteiger charge is 2.28. The van der Waals surface area contributed by atoms with Gasteiger partial charge in [-0.3, -0.25) is 4.79 Å². The average Bonchev–Trinajstić information content (AvgIpc) is 3.08. The Morgan fingerprint density at radius 1 is 1.50 bits per heavy atom. The second kappa shape index (κ2) is 5.57. The van der Waals surface area contributed by atoms with E-state index < -0.39 is 0 Å². The highest BCUT2D eigenvalue weighted by Crippen LogP contribution is 2.29. The molecule has 1 amide bonds. The fourth-order valence-corrected chi connectivity index (χ4v) is 2.29. The van der Waals surface area contributed by atoms with E-state index in [0.29, 0.717) is 24.0 Å². The van der Waals surface area contributed by atoms with Gasteiger partial charge >= 0.3 is 0 Å². The zero-order valence-corrected chi connectivity index (χ0v) is 13.3. The van der Waals surface area contributed by atoms with Crippen molar-refractivity contribution in [2.75, 3.05) is 31.7 Å². The molecule has 0 atom stereocenters. The maximum Gasteiger partial charge on any atom is 0.258 e. The standard InChI is InChI=1S/C13H23N5OS/c1-13(2,18(3)4)7-15-12-9(10(14)17-20-12)11(19)16-8-5-6-8/h8,15H,5-7H2,1-4H3,(H2,14,17)(H,16,19). The number of rotatable bonds is 6. The van der Waals surface area contributed by atoms with Gasteiger partial charge in [0.05, 0.1) is 0 Å². The molecule has 0 aromatic carbocycles. The molecule has 7 heteroatoms. The molecular formula is C13H23N5OS. The molecule has 1 aromatic rings. The van der Waals surface area contributed by atoms with Crippen LogP contribution < -0.4 is 16.4 Å². The molecule has 1 saturated carbocycles. The summed E-state index contributed by atoms with van der Waals surface area (Å²) in [6.45, 7) is 4.98. The zero-order chi connectivity index (χ0) is 14.9. The third kappa shape index (κ3) is 3.40. The fraction of sp³-hybridized carbons (Fsp3) is 0.692. The monoisotopic (exact) mass is 297 g/mol. The van der Waals surface area contributed by atoms with E-state index >= 15 is 0 Å². The molecule has 0 radical (unpaired) electrons. The van der Waals surface area contributed by atoms with E-state index in [1.54, 1.807) is 0 Å². The quantitative estimate of drug-likeness (QED) is 0.738. The summed E-state index contributed by atoms with van der Waals surface area (Å²) in [5.41, 5.74) is 6.28. The molecule has 6 nitrogen and oxygen atoms in total. The maximum absolute atomic E-state index is 12.2. The average molecular weight is 297 g/mol. The predicted octanol–water partition coefficient (Wildman–Crippen LogP) is 1.37. The number of nitrogens with one attached hydrogen (secondary N) is 2. The van der Waals surface area contributed by atoms with Gasteiger partial charge in [-0.15, -0.1) is 0 Å². The minimum absolute atomic E-state index is 0.0248. The number of nitrogen functional groups attached to an aromatic ring is 1. The van der Waals surface area contributed by atoms with Crippen molar-refractivity contribution in [3.8, 4) is 0 Å². The van der Waals surface area contributed by atoms with Gasteiger partial charge in [0.15, 0.2) is 5.82 Å². The number of carbonyl (C=O) groups is 1. The Kier molecular flexibility index (Phi) is 4.19. The van der Waals surface area contributed by atoms with Gasteiger partial charge in [-0.25, -0.2) is 0 Å². The summed E-state index contributed by atoms with van der Waals surface area (Å²) in [5, 5.41) is 7.00. The summed E-state index contributed by atoms with van der Waals surface area (Å²) in [7, 11) is 4.06. The van der Waals surface area contributed by atoms with E-state index in [1.165, 1.54) is 11.5 Å². The third-order valence-corrected chi connectivity index (χ3v) is 4.57. The van der Waals surface area contributed by atoms with Crippen molar-refractivity contribution in [1.29, 1.82) is 0 Å². The number of amides is 1. The van der Waals surface area contributed by atoms with Crippen molar-refractivity contribution in [1.82, 2.24) is 14.6 Å². The van der Waals surface area contributed by atoms with Crippen molar-refractivity contribution in [3.05, 3.63) is 5.56 Å². The molecule has 1 aliphatic rings. The molecule has 2 rings (SSSR count). The first-order valence-corrected chi connectivity index (χ1v) is 7.56. The van der Waals surface area contributed by atoms with Gasteiger partial charge in [-0.05, 0) is 52.3 Å². The second-order valence-electron chi connectivity index (χ2n) is 6.08.